The van der Waals surface area contributed by atoms with Gasteiger partial charge in [-0.1, -0.05) is 0 Å². The lowest BCUT2D eigenvalue weighted by Crippen LogP contribution is -2.28. The quantitative estimate of drug-likeness (QED) is 0.716. The lowest BCUT2D eigenvalue weighted by atomic mass is 9.90. The summed E-state index contributed by atoms with van der Waals surface area (Å²) in [5.74, 6) is 1.05. The molecule has 1 unspecified atom stereocenters. The van der Waals surface area contributed by atoms with Crippen molar-refractivity contribution in [1.82, 2.24) is 5.32 Å². The van der Waals surface area contributed by atoms with Crippen LogP contribution >= 0.6 is 0 Å². The molecule has 0 fully saturated rings. The molecular weight excluding hydrogens is 224 g/mol. The van der Waals surface area contributed by atoms with Gasteiger partial charge in [0, 0.05) is 12.5 Å². The minimum absolute atomic E-state index is 0.195. The highest BCUT2D eigenvalue weighted by atomic mass is 16.3. The van der Waals surface area contributed by atoms with Crippen LogP contribution in [0.1, 0.15) is 45.8 Å². The number of nitrogens with zero attached hydrogens (tertiary/aromatic N) is 1. The average molecular weight is 248 g/mol. The van der Waals surface area contributed by atoms with Crippen molar-refractivity contribution in [3.63, 3.8) is 0 Å². The van der Waals surface area contributed by atoms with Crippen LogP contribution in [0.15, 0.2) is 22.8 Å². The van der Waals surface area contributed by atoms with Gasteiger partial charge < -0.3 is 9.73 Å². The first kappa shape index (κ1) is 14.8. The van der Waals surface area contributed by atoms with Crippen LogP contribution in [-0.2, 0) is 6.42 Å². The molecule has 0 aromatic carbocycles. The molecule has 1 rings (SSSR count). The molecule has 18 heavy (non-hydrogen) atoms. The first-order chi connectivity index (χ1) is 8.53. The first-order valence-electron chi connectivity index (χ1n) is 6.70. The van der Waals surface area contributed by atoms with Crippen LogP contribution in [0.2, 0.25) is 0 Å². The van der Waals surface area contributed by atoms with Crippen molar-refractivity contribution in [2.75, 3.05) is 6.54 Å². The van der Waals surface area contributed by atoms with Gasteiger partial charge in [-0.3, -0.25) is 0 Å². The van der Waals surface area contributed by atoms with Gasteiger partial charge in [0.2, 0.25) is 0 Å². The fraction of sp³-hybridized carbons (Fsp3) is 0.667. The number of furan rings is 1. The Hall–Kier alpha value is -1.27. The van der Waals surface area contributed by atoms with E-state index in [1.165, 1.54) is 0 Å². The maximum absolute atomic E-state index is 8.91. The third-order valence-corrected chi connectivity index (χ3v) is 3.18. The third-order valence-electron chi connectivity index (χ3n) is 3.18. The Morgan fingerprint density at radius 3 is 2.89 bits per heavy atom. The number of hydrogen-bond donors (Lipinski definition) is 1. The summed E-state index contributed by atoms with van der Waals surface area (Å²) in [6.45, 7) is 7.16. The highest BCUT2D eigenvalue weighted by Gasteiger charge is 2.15. The topological polar surface area (TPSA) is 49.0 Å². The highest BCUT2D eigenvalue weighted by molar-refractivity contribution is 4.98. The van der Waals surface area contributed by atoms with E-state index in [1.807, 2.05) is 26.0 Å². The van der Waals surface area contributed by atoms with Crippen LogP contribution in [0.3, 0.4) is 0 Å². The van der Waals surface area contributed by atoms with E-state index < -0.39 is 0 Å². The summed E-state index contributed by atoms with van der Waals surface area (Å²) >= 11 is 0. The second-order valence-corrected chi connectivity index (χ2v) is 5.57. The summed E-state index contributed by atoms with van der Waals surface area (Å²) in [7, 11) is 0. The fourth-order valence-electron chi connectivity index (χ4n) is 1.85. The molecular formula is C15H24N2O. The van der Waals surface area contributed by atoms with Gasteiger partial charge in [0.05, 0.1) is 17.7 Å². The van der Waals surface area contributed by atoms with E-state index in [-0.39, 0.29) is 5.41 Å². The Bertz CT molecular complexity index is 362. The zero-order chi connectivity index (χ0) is 13.4. The van der Waals surface area contributed by atoms with Crippen LogP contribution in [0.4, 0.5) is 0 Å². The molecule has 100 valence electrons. The van der Waals surface area contributed by atoms with Gasteiger partial charge in [-0.2, -0.15) is 5.26 Å². The molecule has 1 heterocycles. The van der Waals surface area contributed by atoms with Gasteiger partial charge in [0.15, 0.2) is 0 Å². The summed E-state index contributed by atoms with van der Waals surface area (Å²) in [5, 5.41) is 12.4. The summed E-state index contributed by atoms with van der Waals surface area (Å²) in [6.07, 6.45) is 5.77. The van der Waals surface area contributed by atoms with E-state index in [0.717, 1.165) is 38.0 Å². The predicted molar refractivity (Wildman–Crippen MR) is 73.1 cm³/mol. The molecule has 0 radical (unpaired) electrons. The first-order valence-corrected chi connectivity index (χ1v) is 6.70. The van der Waals surface area contributed by atoms with Gasteiger partial charge in [-0.25, -0.2) is 0 Å². The molecule has 3 heteroatoms. The Balaban J connectivity index is 2.07. The predicted octanol–water partition coefficient (Wildman–Crippen LogP) is 3.52. The molecule has 0 amide bonds. The monoisotopic (exact) mass is 248 g/mol. The molecule has 1 N–H and O–H groups in total. The zero-order valence-corrected chi connectivity index (χ0v) is 11.7. The molecule has 1 atom stereocenters. The van der Waals surface area contributed by atoms with Crippen molar-refractivity contribution in [1.29, 1.82) is 5.26 Å². The largest absolute Gasteiger partial charge is 0.469 e. The van der Waals surface area contributed by atoms with Crippen LogP contribution in [-0.4, -0.2) is 12.6 Å². The SMILES string of the molecule is CC(CCc1ccco1)NCCCC(C)(C)C#N. The molecule has 0 aliphatic heterocycles. The van der Waals surface area contributed by atoms with E-state index in [0.29, 0.717) is 6.04 Å². The van der Waals surface area contributed by atoms with Gasteiger partial charge in [-0.05, 0) is 58.7 Å². The molecule has 1 aromatic heterocycles. The van der Waals surface area contributed by atoms with Crippen molar-refractivity contribution in [2.24, 2.45) is 5.41 Å². The molecule has 0 saturated carbocycles. The van der Waals surface area contributed by atoms with Gasteiger partial charge in [0.25, 0.3) is 0 Å². The number of rotatable bonds is 8. The fourth-order valence-corrected chi connectivity index (χ4v) is 1.85. The normalized spacial score (nSPS) is 13.2. The number of hydrogen-bond acceptors (Lipinski definition) is 3. The Labute approximate surface area is 110 Å². The number of aryl methyl sites for hydroxylation is 1. The maximum Gasteiger partial charge on any atom is 0.103 e. The highest BCUT2D eigenvalue weighted by Crippen LogP contribution is 2.20. The van der Waals surface area contributed by atoms with Crippen molar-refractivity contribution >= 4 is 0 Å². The maximum atomic E-state index is 8.91. The van der Waals surface area contributed by atoms with Crippen LogP contribution in [0.5, 0.6) is 0 Å². The van der Waals surface area contributed by atoms with Gasteiger partial charge in [-0.15, -0.1) is 0 Å². The second kappa shape index (κ2) is 7.23. The Kier molecular flexibility index (Phi) is 5.94. The molecule has 0 aliphatic carbocycles. The van der Waals surface area contributed by atoms with Gasteiger partial charge >= 0.3 is 0 Å². The van der Waals surface area contributed by atoms with Crippen LogP contribution in [0.25, 0.3) is 0 Å². The Morgan fingerprint density at radius 2 is 2.28 bits per heavy atom. The van der Waals surface area contributed by atoms with Gasteiger partial charge in [0.1, 0.15) is 5.76 Å². The Morgan fingerprint density at radius 1 is 1.50 bits per heavy atom. The van der Waals surface area contributed by atoms with E-state index in [9.17, 15) is 0 Å². The summed E-state index contributed by atoms with van der Waals surface area (Å²) in [5.41, 5.74) is -0.195. The van der Waals surface area contributed by atoms with E-state index in [1.54, 1.807) is 6.26 Å². The molecule has 0 aliphatic rings. The van der Waals surface area contributed by atoms with E-state index in [2.05, 4.69) is 18.3 Å². The van der Waals surface area contributed by atoms with Crippen molar-refractivity contribution in [3.05, 3.63) is 24.2 Å². The van der Waals surface area contributed by atoms with Crippen molar-refractivity contribution < 1.29 is 4.42 Å². The smallest absolute Gasteiger partial charge is 0.103 e. The zero-order valence-electron chi connectivity index (χ0n) is 11.7. The van der Waals surface area contributed by atoms with Crippen molar-refractivity contribution in [3.8, 4) is 6.07 Å². The van der Waals surface area contributed by atoms with E-state index >= 15 is 0 Å². The second-order valence-electron chi connectivity index (χ2n) is 5.57. The average Bonchev–Trinajstić information content (AvgIpc) is 2.85. The lowest BCUT2D eigenvalue weighted by Gasteiger charge is -2.17. The molecule has 0 saturated heterocycles. The van der Waals surface area contributed by atoms with Crippen LogP contribution in [0, 0.1) is 16.7 Å². The molecule has 0 bridgehead atoms. The molecule has 3 nitrogen and oxygen atoms in total. The van der Waals surface area contributed by atoms with Crippen molar-refractivity contribution in [2.45, 2.75) is 52.5 Å². The summed E-state index contributed by atoms with van der Waals surface area (Å²) in [4.78, 5) is 0. The summed E-state index contributed by atoms with van der Waals surface area (Å²) in [6, 6.07) is 6.76. The van der Waals surface area contributed by atoms with E-state index in [4.69, 9.17) is 9.68 Å². The molecule has 1 aromatic rings. The lowest BCUT2D eigenvalue weighted by molar-refractivity contribution is 0.406. The minimum Gasteiger partial charge on any atom is -0.469 e. The summed E-state index contributed by atoms with van der Waals surface area (Å²) < 4.78 is 5.30. The standard InChI is InChI=1S/C15H24N2O/c1-13(7-8-14-6-4-11-18-14)17-10-5-9-15(2,3)12-16/h4,6,11,13,17H,5,7-10H2,1-3H3. The number of nitriles is 1. The number of nitrogens with one attached hydrogen (secondary N) is 1. The minimum atomic E-state index is -0.195. The third kappa shape index (κ3) is 5.88. The van der Waals surface area contributed by atoms with Crippen LogP contribution < -0.4 is 5.32 Å². The molecule has 0 spiro atoms.